The van der Waals surface area contributed by atoms with Crippen LogP contribution in [-0.4, -0.2) is 36.5 Å². The van der Waals surface area contributed by atoms with Crippen LogP contribution < -0.4 is 10.1 Å². The Labute approximate surface area is 154 Å². The van der Waals surface area contributed by atoms with Gasteiger partial charge in [0.2, 0.25) is 0 Å². The SMILES string of the molecule is CCNC(=NCc1nc(C(F)(F)F)cs1)N(C)Cc1ccc(OC)cc1. The maximum absolute atomic E-state index is 12.6. The van der Waals surface area contributed by atoms with E-state index in [1.165, 1.54) is 0 Å². The lowest BCUT2D eigenvalue weighted by Gasteiger charge is -2.22. The summed E-state index contributed by atoms with van der Waals surface area (Å²) in [7, 11) is 3.48. The predicted molar refractivity (Wildman–Crippen MR) is 96.4 cm³/mol. The van der Waals surface area contributed by atoms with E-state index in [9.17, 15) is 13.2 Å². The third-order valence-electron chi connectivity index (χ3n) is 3.48. The van der Waals surface area contributed by atoms with E-state index < -0.39 is 11.9 Å². The molecular formula is C17H21F3N4OS. The fraction of sp³-hybridized carbons (Fsp3) is 0.412. The van der Waals surface area contributed by atoms with Gasteiger partial charge in [-0.3, -0.25) is 0 Å². The van der Waals surface area contributed by atoms with Crippen LogP contribution in [0.5, 0.6) is 5.75 Å². The zero-order valence-electron chi connectivity index (χ0n) is 14.8. The van der Waals surface area contributed by atoms with Crippen molar-refractivity contribution in [1.29, 1.82) is 0 Å². The summed E-state index contributed by atoms with van der Waals surface area (Å²) in [6.07, 6.45) is -4.42. The second-order valence-corrected chi connectivity index (χ2v) is 6.44. The minimum absolute atomic E-state index is 0.0933. The Balaban J connectivity index is 2.05. The van der Waals surface area contributed by atoms with Gasteiger partial charge in [-0.2, -0.15) is 13.2 Å². The second-order valence-electron chi connectivity index (χ2n) is 5.50. The van der Waals surface area contributed by atoms with E-state index >= 15 is 0 Å². The molecule has 0 amide bonds. The first-order chi connectivity index (χ1) is 12.3. The Morgan fingerprint density at radius 1 is 1.31 bits per heavy atom. The van der Waals surface area contributed by atoms with Crippen LogP contribution in [0.25, 0.3) is 0 Å². The Bertz CT molecular complexity index is 728. The topological polar surface area (TPSA) is 49.8 Å². The van der Waals surface area contributed by atoms with Gasteiger partial charge in [-0.25, -0.2) is 9.98 Å². The van der Waals surface area contributed by atoms with E-state index in [2.05, 4.69) is 15.3 Å². The van der Waals surface area contributed by atoms with Gasteiger partial charge in [0.1, 0.15) is 10.8 Å². The Kier molecular flexibility index (Phi) is 6.84. The summed E-state index contributed by atoms with van der Waals surface area (Å²) in [5.41, 5.74) is 0.191. The normalized spacial score (nSPS) is 12.2. The minimum Gasteiger partial charge on any atom is -0.497 e. The predicted octanol–water partition coefficient (Wildman–Crippen LogP) is 3.77. The largest absolute Gasteiger partial charge is 0.497 e. The van der Waals surface area contributed by atoms with Crippen molar-refractivity contribution in [3.8, 4) is 5.75 Å². The number of benzene rings is 1. The molecule has 0 spiro atoms. The van der Waals surface area contributed by atoms with Crippen molar-refractivity contribution in [3.63, 3.8) is 0 Å². The highest BCUT2D eigenvalue weighted by molar-refractivity contribution is 7.09. The van der Waals surface area contributed by atoms with Crippen molar-refractivity contribution in [2.45, 2.75) is 26.2 Å². The maximum Gasteiger partial charge on any atom is 0.434 e. The smallest absolute Gasteiger partial charge is 0.434 e. The van der Waals surface area contributed by atoms with Gasteiger partial charge in [0.05, 0.1) is 13.7 Å². The second kappa shape index (κ2) is 8.88. The van der Waals surface area contributed by atoms with E-state index in [1.54, 1.807) is 7.11 Å². The van der Waals surface area contributed by atoms with Crippen molar-refractivity contribution in [2.24, 2.45) is 4.99 Å². The number of hydrogen-bond donors (Lipinski definition) is 1. The summed E-state index contributed by atoms with van der Waals surface area (Å²) in [5.74, 6) is 1.38. The third-order valence-corrected chi connectivity index (χ3v) is 4.32. The van der Waals surface area contributed by atoms with Gasteiger partial charge >= 0.3 is 6.18 Å². The number of guanidine groups is 1. The standard InChI is InChI=1S/C17H21F3N4OS/c1-4-21-16(22-9-15-23-14(11-26-15)17(18,19)20)24(2)10-12-5-7-13(25-3)8-6-12/h5-8,11H,4,9-10H2,1-3H3,(H,21,22). The summed E-state index contributed by atoms with van der Waals surface area (Å²) >= 11 is 0.958. The number of nitrogens with one attached hydrogen (secondary N) is 1. The lowest BCUT2D eigenvalue weighted by Crippen LogP contribution is -2.38. The van der Waals surface area contributed by atoms with Gasteiger partial charge in [-0.05, 0) is 24.6 Å². The molecule has 0 saturated carbocycles. The number of ether oxygens (including phenoxy) is 1. The molecule has 0 aliphatic heterocycles. The van der Waals surface area contributed by atoms with Crippen LogP contribution >= 0.6 is 11.3 Å². The van der Waals surface area contributed by atoms with Gasteiger partial charge in [0.25, 0.3) is 0 Å². The van der Waals surface area contributed by atoms with Crippen LogP contribution in [0.2, 0.25) is 0 Å². The zero-order chi connectivity index (χ0) is 19.2. The lowest BCUT2D eigenvalue weighted by atomic mass is 10.2. The van der Waals surface area contributed by atoms with E-state index in [4.69, 9.17) is 4.74 Å². The van der Waals surface area contributed by atoms with Crippen LogP contribution in [0.4, 0.5) is 13.2 Å². The van der Waals surface area contributed by atoms with Crippen LogP contribution in [-0.2, 0) is 19.3 Å². The highest BCUT2D eigenvalue weighted by Gasteiger charge is 2.33. The number of rotatable bonds is 6. The van der Waals surface area contributed by atoms with Crippen molar-refractivity contribution in [1.82, 2.24) is 15.2 Å². The monoisotopic (exact) mass is 386 g/mol. The Morgan fingerprint density at radius 3 is 2.54 bits per heavy atom. The van der Waals surface area contributed by atoms with E-state index in [1.807, 2.05) is 43.1 Å². The molecule has 142 valence electrons. The minimum atomic E-state index is -4.42. The summed E-state index contributed by atoms with van der Waals surface area (Å²) in [5, 5.41) is 4.48. The van der Waals surface area contributed by atoms with Gasteiger partial charge in [-0.15, -0.1) is 11.3 Å². The molecule has 0 aliphatic carbocycles. The van der Waals surface area contributed by atoms with Gasteiger partial charge in [-0.1, -0.05) is 12.1 Å². The molecule has 0 atom stereocenters. The summed E-state index contributed by atoms with van der Waals surface area (Å²) < 4.78 is 43.0. The molecule has 0 saturated heterocycles. The van der Waals surface area contributed by atoms with Crippen LogP contribution in [0.3, 0.4) is 0 Å². The molecule has 5 nitrogen and oxygen atoms in total. The number of hydrogen-bond acceptors (Lipinski definition) is 4. The highest BCUT2D eigenvalue weighted by atomic mass is 32.1. The van der Waals surface area contributed by atoms with E-state index in [0.717, 1.165) is 28.0 Å². The highest BCUT2D eigenvalue weighted by Crippen LogP contribution is 2.30. The molecule has 2 aromatic rings. The van der Waals surface area contributed by atoms with Crippen LogP contribution in [0, 0.1) is 0 Å². The number of alkyl halides is 3. The molecule has 1 aromatic carbocycles. The number of aromatic nitrogens is 1. The summed E-state index contributed by atoms with van der Waals surface area (Å²) in [6, 6.07) is 7.66. The van der Waals surface area contributed by atoms with Gasteiger partial charge in [0, 0.05) is 25.5 Å². The molecule has 0 radical (unpaired) electrons. The maximum atomic E-state index is 12.6. The Hall–Kier alpha value is -2.29. The first-order valence-electron chi connectivity index (χ1n) is 7.97. The Morgan fingerprint density at radius 2 is 2.00 bits per heavy atom. The summed E-state index contributed by atoms with van der Waals surface area (Å²) in [4.78, 5) is 9.90. The number of thiazole rings is 1. The fourth-order valence-corrected chi connectivity index (χ4v) is 2.93. The molecule has 1 N–H and O–H groups in total. The van der Waals surface area contributed by atoms with E-state index in [-0.39, 0.29) is 6.54 Å². The molecule has 9 heteroatoms. The molecule has 0 fully saturated rings. The molecule has 0 aliphatic rings. The van der Waals surface area contributed by atoms with Crippen molar-refractivity contribution in [2.75, 3.05) is 20.7 Å². The fourth-order valence-electron chi connectivity index (χ4n) is 2.21. The van der Waals surface area contributed by atoms with Gasteiger partial charge < -0.3 is 15.0 Å². The summed E-state index contributed by atoms with van der Waals surface area (Å²) in [6.45, 7) is 3.27. The molecule has 26 heavy (non-hydrogen) atoms. The molecule has 0 bridgehead atoms. The first-order valence-corrected chi connectivity index (χ1v) is 8.85. The van der Waals surface area contributed by atoms with Gasteiger partial charge in [0.15, 0.2) is 11.7 Å². The quantitative estimate of drug-likeness (QED) is 0.607. The number of halogens is 3. The third kappa shape index (κ3) is 5.62. The average Bonchev–Trinajstić information content (AvgIpc) is 3.08. The molecular weight excluding hydrogens is 365 g/mol. The van der Waals surface area contributed by atoms with Crippen molar-refractivity contribution < 1.29 is 17.9 Å². The average molecular weight is 386 g/mol. The van der Waals surface area contributed by atoms with Crippen LogP contribution in [0.15, 0.2) is 34.6 Å². The molecule has 1 heterocycles. The lowest BCUT2D eigenvalue weighted by molar-refractivity contribution is -0.140. The molecule has 0 unspecified atom stereocenters. The first kappa shape index (κ1) is 20.0. The van der Waals surface area contributed by atoms with Crippen molar-refractivity contribution in [3.05, 3.63) is 45.9 Å². The zero-order valence-corrected chi connectivity index (χ0v) is 15.6. The molecule has 2 rings (SSSR count). The molecule has 1 aromatic heterocycles. The van der Waals surface area contributed by atoms with Crippen molar-refractivity contribution >= 4 is 17.3 Å². The number of aliphatic imine (C=N–C) groups is 1. The number of methoxy groups -OCH3 is 1. The van der Waals surface area contributed by atoms with E-state index in [0.29, 0.717) is 24.1 Å². The van der Waals surface area contributed by atoms with Crippen LogP contribution in [0.1, 0.15) is 23.2 Å². The number of nitrogens with zero attached hydrogens (tertiary/aromatic N) is 3.